The highest BCUT2D eigenvalue weighted by Gasteiger charge is 2.11. The van der Waals surface area contributed by atoms with E-state index in [1.54, 1.807) is 30.5 Å². The summed E-state index contributed by atoms with van der Waals surface area (Å²) in [7, 11) is 0. The smallest absolute Gasteiger partial charge is 0.338 e. The number of ether oxygens (including phenoxy) is 1. The summed E-state index contributed by atoms with van der Waals surface area (Å²) in [6.07, 6.45) is 3.38. The standard InChI is InChI=1S/C24H27N3O3/c1-5-6-13-30-24(29)19-8-10-20(11-9-19)25-15-22-18(4)26-27(23(22)28)21-12-7-16(2)17(3)14-21/h7-12,14-15,26H,5-6,13H2,1-4H3. The van der Waals surface area contributed by atoms with Gasteiger partial charge in [0.1, 0.15) is 0 Å². The zero-order valence-corrected chi connectivity index (χ0v) is 17.9. The van der Waals surface area contributed by atoms with Crippen molar-refractivity contribution in [3.8, 4) is 5.69 Å². The van der Waals surface area contributed by atoms with Gasteiger partial charge >= 0.3 is 5.97 Å². The van der Waals surface area contributed by atoms with Gasteiger partial charge < -0.3 is 4.74 Å². The predicted octanol–water partition coefficient (Wildman–Crippen LogP) is 4.80. The quantitative estimate of drug-likeness (QED) is 0.348. The van der Waals surface area contributed by atoms with Gasteiger partial charge in [-0.3, -0.25) is 14.9 Å². The van der Waals surface area contributed by atoms with E-state index in [0.717, 1.165) is 29.8 Å². The molecular weight excluding hydrogens is 378 g/mol. The van der Waals surface area contributed by atoms with Crippen LogP contribution in [-0.4, -0.2) is 28.6 Å². The third-order valence-electron chi connectivity index (χ3n) is 5.04. The van der Waals surface area contributed by atoms with Crippen LogP contribution in [0.4, 0.5) is 5.69 Å². The molecule has 0 aliphatic heterocycles. The van der Waals surface area contributed by atoms with Crippen LogP contribution < -0.4 is 5.56 Å². The van der Waals surface area contributed by atoms with Crippen LogP contribution in [-0.2, 0) is 4.74 Å². The lowest BCUT2D eigenvalue weighted by atomic mass is 10.1. The SMILES string of the molecule is CCCCOC(=O)c1ccc(N=Cc2c(C)[nH]n(-c3ccc(C)c(C)c3)c2=O)cc1. The number of nitrogens with one attached hydrogen (secondary N) is 1. The number of aromatic nitrogens is 2. The van der Waals surface area contributed by atoms with Crippen LogP contribution in [0.3, 0.4) is 0 Å². The number of carbonyl (C=O) groups is 1. The minimum Gasteiger partial charge on any atom is -0.462 e. The van der Waals surface area contributed by atoms with Crippen molar-refractivity contribution in [3.63, 3.8) is 0 Å². The van der Waals surface area contributed by atoms with Crippen LogP contribution in [0.15, 0.2) is 52.3 Å². The first-order valence-corrected chi connectivity index (χ1v) is 10.1. The van der Waals surface area contributed by atoms with Crippen molar-refractivity contribution >= 4 is 17.9 Å². The van der Waals surface area contributed by atoms with Crippen molar-refractivity contribution in [1.82, 2.24) is 9.78 Å². The molecule has 0 unspecified atom stereocenters. The van der Waals surface area contributed by atoms with Gasteiger partial charge in [0.25, 0.3) is 5.56 Å². The highest BCUT2D eigenvalue weighted by molar-refractivity contribution is 5.90. The van der Waals surface area contributed by atoms with Crippen molar-refractivity contribution in [3.05, 3.63) is 80.8 Å². The molecule has 1 N–H and O–H groups in total. The third-order valence-corrected chi connectivity index (χ3v) is 5.04. The van der Waals surface area contributed by atoms with Crippen molar-refractivity contribution in [2.24, 2.45) is 4.99 Å². The Kier molecular flexibility index (Phi) is 6.67. The first-order chi connectivity index (χ1) is 14.4. The maximum Gasteiger partial charge on any atom is 0.338 e. The Hall–Kier alpha value is -3.41. The Morgan fingerprint density at radius 1 is 1.10 bits per heavy atom. The zero-order valence-electron chi connectivity index (χ0n) is 17.9. The summed E-state index contributed by atoms with van der Waals surface area (Å²) in [5.74, 6) is -0.336. The zero-order chi connectivity index (χ0) is 21.7. The fourth-order valence-corrected chi connectivity index (χ4v) is 2.97. The molecule has 0 atom stereocenters. The molecule has 0 fully saturated rings. The van der Waals surface area contributed by atoms with Gasteiger partial charge in [0, 0.05) is 11.9 Å². The second-order valence-electron chi connectivity index (χ2n) is 7.35. The van der Waals surface area contributed by atoms with Gasteiger partial charge in [0.15, 0.2) is 0 Å². The number of rotatable bonds is 7. The number of unbranched alkanes of at least 4 members (excludes halogenated alkanes) is 1. The molecule has 0 saturated heterocycles. The molecule has 0 bridgehead atoms. The molecular formula is C24H27N3O3. The average Bonchev–Trinajstić information content (AvgIpc) is 3.02. The number of esters is 1. The van der Waals surface area contributed by atoms with Gasteiger partial charge in [-0.2, -0.15) is 0 Å². The van der Waals surface area contributed by atoms with Crippen molar-refractivity contribution in [2.45, 2.75) is 40.5 Å². The average molecular weight is 405 g/mol. The minimum absolute atomic E-state index is 0.157. The van der Waals surface area contributed by atoms with Crippen LogP contribution in [0.2, 0.25) is 0 Å². The fourth-order valence-electron chi connectivity index (χ4n) is 2.97. The number of H-pyrrole nitrogens is 1. The summed E-state index contributed by atoms with van der Waals surface area (Å²) < 4.78 is 6.73. The molecule has 0 aliphatic carbocycles. The predicted molar refractivity (Wildman–Crippen MR) is 119 cm³/mol. The molecule has 0 aliphatic rings. The maximum atomic E-state index is 12.9. The van der Waals surface area contributed by atoms with Gasteiger partial charge in [-0.15, -0.1) is 0 Å². The van der Waals surface area contributed by atoms with Crippen molar-refractivity contribution in [1.29, 1.82) is 0 Å². The summed E-state index contributed by atoms with van der Waals surface area (Å²) >= 11 is 0. The molecule has 6 heteroatoms. The van der Waals surface area contributed by atoms with E-state index in [9.17, 15) is 9.59 Å². The first kappa shape index (κ1) is 21.3. The highest BCUT2D eigenvalue weighted by Crippen LogP contribution is 2.15. The monoisotopic (exact) mass is 405 g/mol. The topological polar surface area (TPSA) is 76.4 Å². The van der Waals surface area contributed by atoms with Crippen LogP contribution >= 0.6 is 0 Å². The second-order valence-corrected chi connectivity index (χ2v) is 7.35. The molecule has 1 aromatic heterocycles. The Labute approximate surface area is 176 Å². The number of hydrogen-bond donors (Lipinski definition) is 1. The maximum absolute atomic E-state index is 12.9. The van der Waals surface area contributed by atoms with E-state index in [-0.39, 0.29) is 11.5 Å². The number of hydrogen-bond acceptors (Lipinski definition) is 4. The summed E-state index contributed by atoms with van der Waals surface area (Å²) in [6, 6.07) is 12.7. The molecule has 0 spiro atoms. The number of aromatic amines is 1. The molecule has 0 amide bonds. The van der Waals surface area contributed by atoms with Gasteiger partial charge in [-0.1, -0.05) is 19.4 Å². The van der Waals surface area contributed by atoms with Crippen LogP contribution in [0.5, 0.6) is 0 Å². The lowest BCUT2D eigenvalue weighted by Gasteiger charge is -2.05. The molecule has 156 valence electrons. The Balaban J connectivity index is 1.78. The lowest BCUT2D eigenvalue weighted by molar-refractivity contribution is 0.0500. The van der Waals surface area contributed by atoms with Gasteiger partial charge in [-0.05, 0) is 74.7 Å². The normalized spacial score (nSPS) is 11.2. The summed E-state index contributed by atoms with van der Waals surface area (Å²) in [6.45, 7) is 8.37. The van der Waals surface area contributed by atoms with Gasteiger partial charge in [0.2, 0.25) is 0 Å². The molecule has 1 heterocycles. The number of aliphatic imine (C=N–C) groups is 1. The number of carbonyl (C=O) groups excluding carboxylic acids is 1. The fraction of sp³-hybridized carbons (Fsp3) is 0.292. The largest absolute Gasteiger partial charge is 0.462 e. The molecule has 3 aromatic rings. The van der Waals surface area contributed by atoms with E-state index >= 15 is 0 Å². The van der Waals surface area contributed by atoms with Crippen molar-refractivity contribution < 1.29 is 9.53 Å². The third kappa shape index (κ3) is 4.76. The van der Waals surface area contributed by atoms with E-state index in [4.69, 9.17) is 4.74 Å². The molecule has 30 heavy (non-hydrogen) atoms. The molecule has 0 saturated carbocycles. The van der Waals surface area contributed by atoms with E-state index in [1.165, 1.54) is 10.2 Å². The van der Waals surface area contributed by atoms with Crippen molar-refractivity contribution in [2.75, 3.05) is 6.61 Å². The summed E-state index contributed by atoms with van der Waals surface area (Å²) in [4.78, 5) is 29.2. The number of benzene rings is 2. The molecule has 0 radical (unpaired) electrons. The molecule has 2 aromatic carbocycles. The molecule has 6 nitrogen and oxygen atoms in total. The lowest BCUT2D eigenvalue weighted by Crippen LogP contribution is -2.17. The first-order valence-electron chi connectivity index (χ1n) is 10.1. The van der Waals surface area contributed by atoms with Crippen LogP contribution in [0, 0.1) is 20.8 Å². The minimum atomic E-state index is -0.336. The summed E-state index contributed by atoms with van der Waals surface area (Å²) in [5.41, 5.74) is 5.30. The summed E-state index contributed by atoms with van der Waals surface area (Å²) in [5, 5.41) is 3.11. The van der Waals surface area contributed by atoms with Gasteiger partial charge in [-0.25, -0.2) is 9.48 Å². The van der Waals surface area contributed by atoms with Crippen LogP contribution in [0.25, 0.3) is 5.69 Å². The number of nitrogens with zero attached hydrogens (tertiary/aromatic N) is 2. The Morgan fingerprint density at radius 3 is 2.50 bits per heavy atom. The van der Waals surface area contributed by atoms with E-state index in [0.29, 0.717) is 23.4 Å². The van der Waals surface area contributed by atoms with E-state index in [1.807, 2.05) is 45.9 Å². The van der Waals surface area contributed by atoms with E-state index < -0.39 is 0 Å². The van der Waals surface area contributed by atoms with E-state index in [2.05, 4.69) is 10.1 Å². The Bertz CT molecular complexity index is 1120. The highest BCUT2D eigenvalue weighted by atomic mass is 16.5. The second kappa shape index (κ2) is 9.39. The Morgan fingerprint density at radius 2 is 1.83 bits per heavy atom. The number of aryl methyl sites for hydroxylation is 3. The molecule has 3 rings (SSSR count). The van der Waals surface area contributed by atoms with Gasteiger partial charge in [0.05, 0.1) is 29.1 Å². The van der Waals surface area contributed by atoms with Crippen LogP contribution in [0.1, 0.15) is 52.5 Å².